The van der Waals surface area contributed by atoms with E-state index in [9.17, 15) is 4.79 Å². The molecular formula is C12H19NO2. The quantitative estimate of drug-likeness (QED) is 0.528. The highest BCUT2D eigenvalue weighted by molar-refractivity contribution is 5.83. The lowest BCUT2D eigenvalue weighted by molar-refractivity contribution is -0.147. The summed E-state index contributed by atoms with van der Waals surface area (Å²) >= 11 is 0. The van der Waals surface area contributed by atoms with Crippen molar-refractivity contribution in [1.29, 1.82) is 5.26 Å². The van der Waals surface area contributed by atoms with E-state index in [2.05, 4.69) is 6.07 Å². The van der Waals surface area contributed by atoms with E-state index in [1.54, 1.807) is 0 Å². The second-order valence-electron chi connectivity index (χ2n) is 3.96. The van der Waals surface area contributed by atoms with E-state index in [1.807, 2.05) is 33.8 Å². The van der Waals surface area contributed by atoms with Crippen LogP contribution in [-0.4, -0.2) is 13.1 Å². The van der Waals surface area contributed by atoms with Crippen LogP contribution in [0.15, 0.2) is 11.6 Å². The lowest BCUT2D eigenvalue weighted by Gasteiger charge is -2.23. The molecule has 0 aromatic heterocycles. The van der Waals surface area contributed by atoms with E-state index in [0.717, 1.165) is 5.57 Å². The molecule has 0 fully saturated rings. The van der Waals surface area contributed by atoms with Gasteiger partial charge in [-0.25, -0.2) is 4.79 Å². The molecule has 0 saturated carbocycles. The van der Waals surface area contributed by atoms with Crippen LogP contribution >= 0.6 is 0 Å². The van der Waals surface area contributed by atoms with E-state index in [4.69, 9.17) is 10.00 Å². The Hall–Kier alpha value is -1.30. The maximum absolute atomic E-state index is 11.6. The van der Waals surface area contributed by atoms with Crippen molar-refractivity contribution >= 4 is 5.97 Å². The highest BCUT2D eigenvalue weighted by atomic mass is 16.5. The molecule has 0 spiro atoms. The molecule has 0 aromatic rings. The van der Waals surface area contributed by atoms with Gasteiger partial charge in [0, 0.05) is 0 Å². The average Bonchev–Trinajstić information content (AvgIpc) is 2.19. The first-order valence-electron chi connectivity index (χ1n) is 5.13. The highest BCUT2D eigenvalue weighted by Crippen LogP contribution is 2.32. The van der Waals surface area contributed by atoms with Gasteiger partial charge < -0.3 is 4.74 Å². The summed E-state index contributed by atoms with van der Waals surface area (Å²) in [5.41, 5.74) is -0.340. The molecule has 3 heteroatoms. The number of carbonyl (C=O) groups excluding carboxylic acids is 1. The van der Waals surface area contributed by atoms with Crippen molar-refractivity contribution in [2.45, 2.75) is 34.1 Å². The summed E-state index contributed by atoms with van der Waals surface area (Å²) in [6, 6.07) is 2.08. The fourth-order valence-electron chi connectivity index (χ4n) is 1.61. The number of esters is 1. The van der Waals surface area contributed by atoms with Gasteiger partial charge in [0.2, 0.25) is 0 Å². The van der Waals surface area contributed by atoms with E-state index in [0.29, 0.717) is 12.3 Å². The Bertz CT molecular complexity index is 299. The van der Waals surface area contributed by atoms with Crippen molar-refractivity contribution in [2.75, 3.05) is 7.11 Å². The standard InChI is InChI=1S/C12H19NO2/c1-6-12(8-13,11(14)15-5)10(4)7-9(2)3/h7,9H,6H2,1-5H3. The maximum Gasteiger partial charge on any atom is 0.330 e. The minimum Gasteiger partial charge on any atom is -0.468 e. The molecule has 0 saturated heterocycles. The number of nitrogens with zero attached hydrogens (tertiary/aromatic N) is 1. The van der Waals surface area contributed by atoms with Gasteiger partial charge in [-0.05, 0) is 24.8 Å². The van der Waals surface area contributed by atoms with Gasteiger partial charge in [0.05, 0.1) is 13.2 Å². The first-order valence-corrected chi connectivity index (χ1v) is 5.13. The van der Waals surface area contributed by atoms with Crippen molar-refractivity contribution in [1.82, 2.24) is 0 Å². The van der Waals surface area contributed by atoms with Gasteiger partial charge in [-0.2, -0.15) is 5.26 Å². The van der Waals surface area contributed by atoms with Crippen LogP contribution in [0.5, 0.6) is 0 Å². The molecule has 0 amide bonds. The Morgan fingerprint density at radius 2 is 2.13 bits per heavy atom. The number of allylic oxidation sites excluding steroid dienone is 1. The Labute approximate surface area is 91.7 Å². The summed E-state index contributed by atoms with van der Waals surface area (Å²) in [6.07, 6.45) is 2.37. The molecule has 0 N–H and O–H groups in total. The molecule has 3 nitrogen and oxygen atoms in total. The largest absolute Gasteiger partial charge is 0.468 e. The lowest BCUT2D eigenvalue weighted by atomic mass is 9.78. The average molecular weight is 209 g/mol. The van der Waals surface area contributed by atoms with Crippen LogP contribution in [0.1, 0.15) is 34.1 Å². The second-order valence-corrected chi connectivity index (χ2v) is 3.96. The molecular weight excluding hydrogens is 190 g/mol. The molecule has 1 atom stereocenters. The molecule has 1 unspecified atom stereocenters. The van der Waals surface area contributed by atoms with Gasteiger partial charge in [-0.15, -0.1) is 0 Å². The summed E-state index contributed by atoms with van der Waals surface area (Å²) in [4.78, 5) is 11.6. The van der Waals surface area contributed by atoms with E-state index < -0.39 is 11.4 Å². The third-order valence-corrected chi connectivity index (χ3v) is 2.51. The third-order valence-electron chi connectivity index (χ3n) is 2.51. The van der Waals surface area contributed by atoms with Crippen molar-refractivity contribution < 1.29 is 9.53 Å². The Balaban J connectivity index is 5.31. The van der Waals surface area contributed by atoms with E-state index in [-0.39, 0.29) is 0 Å². The number of methoxy groups -OCH3 is 1. The second kappa shape index (κ2) is 5.55. The number of nitriles is 1. The van der Waals surface area contributed by atoms with Crippen LogP contribution in [0.2, 0.25) is 0 Å². The molecule has 0 rings (SSSR count). The van der Waals surface area contributed by atoms with E-state index in [1.165, 1.54) is 7.11 Å². The van der Waals surface area contributed by atoms with Gasteiger partial charge in [-0.3, -0.25) is 0 Å². The smallest absolute Gasteiger partial charge is 0.330 e. The third kappa shape index (κ3) is 2.82. The lowest BCUT2D eigenvalue weighted by Crippen LogP contribution is -2.31. The van der Waals surface area contributed by atoms with Crippen LogP contribution < -0.4 is 0 Å². The van der Waals surface area contributed by atoms with Gasteiger partial charge in [0.1, 0.15) is 0 Å². The zero-order valence-electron chi connectivity index (χ0n) is 10.1. The summed E-state index contributed by atoms with van der Waals surface area (Å²) < 4.78 is 4.70. The van der Waals surface area contributed by atoms with Crippen LogP contribution in [0, 0.1) is 22.7 Å². The molecule has 15 heavy (non-hydrogen) atoms. The molecule has 84 valence electrons. The van der Waals surface area contributed by atoms with Crippen molar-refractivity contribution in [3.05, 3.63) is 11.6 Å². The normalized spacial score (nSPS) is 15.7. The Morgan fingerprint density at radius 1 is 1.60 bits per heavy atom. The highest BCUT2D eigenvalue weighted by Gasteiger charge is 2.40. The first-order chi connectivity index (χ1) is 6.94. The Morgan fingerprint density at radius 3 is 2.40 bits per heavy atom. The number of hydrogen-bond donors (Lipinski definition) is 0. The number of carbonyl (C=O) groups is 1. The molecule has 0 radical (unpaired) electrons. The minimum atomic E-state index is -1.11. The minimum absolute atomic E-state index is 0.314. The molecule has 0 aliphatic heterocycles. The summed E-state index contributed by atoms with van der Waals surface area (Å²) in [6.45, 7) is 7.65. The first kappa shape index (κ1) is 13.7. The fourth-order valence-corrected chi connectivity index (χ4v) is 1.61. The predicted octanol–water partition coefficient (Wildman–Crippen LogP) is 2.68. The van der Waals surface area contributed by atoms with Gasteiger partial charge in [-0.1, -0.05) is 26.8 Å². The Kier molecular flexibility index (Phi) is 5.07. The molecule has 0 bridgehead atoms. The maximum atomic E-state index is 11.6. The van der Waals surface area contributed by atoms with Gasteiger partial charge in [0.15, 0.2) is 5.41 Å². The van der Waals surface area contributed by atoms with Crippen molar-refractivity contribution in [3.63, 3.8) is 0 Å². The molecule has 0 aromatic carbocycles. The predicted molar refractivity (Wildman–Crippen MR) is 58.9 cm³/mol. The number of hydrogen-bond acceptors (Lipinski definition) is 3. The van der Waals surface area contributed by atoms with Crippen LogP contribution in [0.4, 0.5) is 0 Å². The van der Waals surface area contributed by atoms with Crippen LogP contribution in [0.3, 0.4) is 0 Å². The van der Waals surface area contributed by atoms with Crippen molar-refractivity contribution in [3.8, 4) is 6.07 Å². The topological polar surface area (TPSA) is 50.1 Å². The summed E-state index contributed by atoms with van der Waals surface area (Å²) in [5, 5.41) is 9.17. The summed E-state index contributed by atoms with van der Waals surface area (Å²) in [7, 11) is 1.31. The number of rotatable bonds is 4. The molecule has 0 heterocycles. The zero-order valence-corrected chi connectivity index (χ0v) is 10.1. The monoisotopic (exact) mass is 209 g/mol. The molecule has 0 aliphatic rings. The zero-order chi connectivity index (χ0) is 12.1. The SMILES string of the molecule is CCC(C#N)(C(=O)OC)C(C)=CC(C)C. The van der Waals surface area contributed by atoms with Crippen molar-refractivity contribution in [2.24, 2.45) is 11.3 Å². The van der Waals surface area contributed by atoms with Gasteiger partial charge in [0.25, 0.3) is 0 Å². The number of ether oxygens (including phenoxy) is 1. The van der Waals surface area contributed by atoms with E-state index >= 15 is 0 Å². The fraction of sp³-hybridized carbons (Fsp3) is 0.667. The molecule has 0 aliphatic carbocycles. The van der Waals surface area contributed by atoms with Crippen LogP contribution in [-0.2, 0) is 9.53 Å². The van der Waals surface area contributed by atoms with Gasteiger partial charge >= 0.3 is 5.97 Å². The van der Waals surface area contributed by atoms with Crippen LogP contribution in [0.25, 0.3) is 0 Å². The summed E-state index contributed by atoms with van der Waals surface area (Å²) in [5.74, 6) is -0.157.